The molecule has 0 spiro atoms. The van der Waals surface area contributed by atoms with E-state index in [1.165, 1.54) is 32.1 Å². The minimum atomic E-state index is -0.145. The molecule has 1 heterocycles. The topological polar surface area (TPSA) is 45.8 Å². The van der Waals surface area contributed by atoms with E-state index in [1.807, 2.05) is 19.1 Å². The van der Waals surface area contributed by atoms with Gasteiger partial charge in [-0.05, 0) is 25.5 Å². The van der Waals surface area contributed by atoms with Crippen molar-refractivity contribution in [3.05, 3.63) is 33.7 Å². The van der Waals surface area contributed by atoms with Crippen molar-refractivity contribution < 1.29 is 0 Å². The number of aryl methyl sites for hydroxylation is 1. The smallest absolute Gasteiger partial charge is 0.268 e. The first kappa shape index (κ1) is 15.5. The van der Waals surface area contributed by atoms with Crippen molar-refractivity contribution >= 4 is 0 Å². The van der Waals surface area contributed by atoms with Crippen LogP contribution in [0.25, 0.3) is 0 Å². The first-order valence-corrected chi connectivity index (χ1v) is 7.31. The van der Waals surface area contributed by atoms with E-state index in [9.17, 15) is 4.79 Å². The Hall–Kier alpha value is -1.56. The second-order valence-electron chi connectivity index (χ2n) is 5.08. The van der Waals surface area contributed by atoms with Crippen molar-refractivity contribution in [3.63, 3.8) is 0 Å². The summed E-state index contributed by atoms with van der Waals surface area (Å²) in [5, 5.41) is 8.86. The Morgan fingerprint density at radius 2 is 1.74 bits per heavy atom. The largest absolute Gasteiger partial charge is 0.312 e. The van der Waals surface area contributed by atoms with Crippen molar-refractivity contribution in [2.45, 2.75) is 65.3 Å². The lowest BCUT2D eigenvalue weighted by molar-refractivity contribution is 0.536. The molecule has 3 heteroatoms. The Bertz CT molecular complexity index is 483. The van der Waals surface area contributed by atoms with Crippen LogP contribution in [-0.4, -0.2) is 4.57 Å². The standard InChI is InChI=1S/C16H24N2O/c1-3-4-5-6-7-8-9-12-18-14(2)10-11-15(13-17)16(18)19/h10-11H,3-9,12H2,1-2H3. The predicted molar refractivity (Wildman–Crippen MR) is 78.1 cm³/mol. The van der Waals surface area contributed by atoms with Crippen LogP contribution in [0.15, 0.2) is 16.9 Å². The molecule has 0 aromatic carbocycles. The van der Waals surface area contributed by atoms with E-state index < -0.39 is 0 Å². The van der Waals surface area contributed by atoms with Gasteiger partial charge in [0.05, 0.1) is 0 Å². The quantitative estimate of drug-likeness (QED) is 0.668. The number of pyridine rings is 1. The van der Waals surface area contributed by atoms with E-state index in [0.29, 0.717) is 0 Å². The summed E-state index contributed by atoms with van der Waals surface area (Å²) in [7, 11) is 0. The van der Waals surface area contributed by atoms with Gasteiger partial charge in [-0.3, -0.25) is 4.79 Å². The minimum absolute atomic E-state index is 0.145. The fourth-order valence-electron chi connectivity index (χ4n) is 2.26. The van der Waals surface area contributed by atoms with Gasteiger partial charge >= 0.3 is 0 Å². The fourth-order valence-corrected chi connectivity index (χ4v) is 2.26. The van der Waals surface area contributed by atoms with E-state index >= 15 is 0 Å². The van der Waals surface area contributed by atoms with Crippen molar-refractivity contribution in [2.75, 3.05) is 0 Å². The number of hydrogen-bond donors (Lipinski definition) is 0. The maximum Gasteiger partial charge on any atom is 0.268 e. The summed E-state index contributed by atoms with van der Waals surface area (Å²) in [4.78, 5) is 12.0. The van der Waals surface area contributed by atoms with Crippen molar-refractivity contribution in [1.29, 1.82) is 5.26 Å². The van der Waals surface area contributed by atoms with Gasteiger partial charge in [-0.2, -0.15) is 5.26 Å². The molecule has 104 valence electrons. The molecular weight excluding hydrogens is 236 g/mol. The molecule has 1 rings (SSSR count). The predicted octanol–water partition coefficient (Wildman–Crippen LogP) is 3.78. The SMILES string of the molecule is CCCCCCCCCn1c(C)ccc(C#N)c1=O. The third-order valence-corrected chi connectivity index (χ3v) is 3.50. The van der Waals surface area contributed by atoms with Crippen molar-refractivity contribution in [3.8, 4) is 6.07 Å². The summed E-state index contributed by atoms with van der Waals surface area (Å²) in [6, 6.07) is 5.41. The first-order chi connectivity index (χ1) is 9.20. The van der Waals surface area contributed by atoms with Gasteiger partial charge in [0.1, 0.15) is 11.6 Å². The van der Waals surface area contributed by atoms with Gasteiger partial charge in [-0.25, -0.2) is 0 Å². The van der Waals surface area contributed by atoms with Crippen molar-refractivity contribution in [1.82, 2.24) is 4.57 Å². The monoisotopic (exact) mass is 260 g/mol. The summed E-state index contributed by atoms with van der Waals surface area (Å²) < 4.78 is 1.73. The number of nitrogens with zero attached hydrogens (tertiary/aromatic N) is 2. The van der Waals surface area contributed by atoms with Gasteiger partial charge < -0.3 is 4.57 Å². The zero-order chi connectivity index (χ0) is 14.1. The Morgan fingerprint density at radius 1 is 1.11 bits per heavy atom. The average molecular weight is 260 g/mol. The lowest BCUT2D eigenvalue weighted by atomic mass is 10.1. The highest BCUT2D eigenvalue weighted by Crippen LogP contribution is 2.08. The van der Waals surface area contributed by atoms with Crippen LogP contribution < -0.4 is 5.56 Å². The van der Waals surface area contributed by atoms with Gasteiger partial charge in [0.15, 0.2) is 0 Å². The highest BCUT2D eigenvalue weighted by atomic mass is 16.1. The number of unbranched alkanes of at least 4 members (excludes halogenated alkanes) is 6. The molecule has 0 saturated heterocycles. The van der Waals surface area contributed by atoms with Crippen LogP contribution >= 0.6 is 0 Å². The molecule has 1 aromatic heterocycles. The molecule has 0 unspecified atom stereocenters. The van der Waals surface area contributed by atoms with E-state index in [0.717, 1.165) is 25.1 Å². The van der Waals surface area contributed by atoms with Crippen LogP contribution in [0.3, 0.4) is 0 Å². The maximum absolute atomic E-state index is 12.0. The van der Waals surface area contributed by atoms with Gasteiger partial charge in [-0.1, -0.05) is 45.4 Å². The Labute approximate surface area is 115 Å². The molecule has 0 atom stereocenters. The molecule has 0 aliphatic carbocycles. The third-order valence-electron chi connectivity index (χ3n) is 3.50. The molecule has 3 nitrogen and oxygen atoms in total. The van der Waals surface area contributed by atoms with Crippen LogP contribution in [0.5, 0.6) is 0 Å². The summed E-state index contributed by atoms with van der Waals surface area (Å²) in [6.07, 6.45) is 8.62. The normalized spacial score (nSPS) is 10.4. The number of rotatable bonds is 8. The summed E-state index contributed by atoms with van der Waals surface area (Å²) in [5.74, 6) is 0. The molecule has 0 N–H and O–H groups in total. The molecule has 0 fully saturated rings. The summed E-state index contributed by atoms with van der Waals surface area (Å²) in [5.41, 5.74) is 1.04. The minimum Gasteiger partial charge on any atom is -0.312 e. The third kappa shape index (κ3) is 4.90. The molecule has 0 radical (unpaired) electrons. The summed E-state index contributed by atoms with van der Waals surface area (Å²) >= 11 is 0. The number of nitriles is 1. The Balaban J connectivity index is 2.42. The van der Waals surface area contributed by atoms with Crippen LogP contribution in [0.1, 0.15) is 63.1 Å². The van der Waals surface area contributed by atoms with Crippen LogP contribution in [0, 0.1) is 18.3 Å². The zero-order valence-corrected chi connectivity index (χ0v) is 12.1. The fraction of sp³-hybridized carbons (Fsp3) is 0.625. The molecule has 0 bridgehead atoms. The molecule has 0 aliphatic rings. The Kier molecular flexibility index (Phi) is 6.95. The van der Waals surface area contributed by atoms with E-state index in [2.05, 4.69) is 6.92 Å². The lowest BCUT2D eigenvalue weighted by Crippen LogP contribution is -2.24. The van der Waals surface area contributed by atoms with E-state index in [-0.39, 0.29) is 11.1 Å². The maximum atomic E-state index is 12.0. The number of aromatic nitrogens is 1. The molecule has 0 aliphatic heterocycles. The second kappa shape index (κ2) is 8.53. The van der Waals surface area contributed by atoms with E-state index in [1.54, 1.807) is 10.6 Å². The van der Waals surface area contributed by atoms with Crippen LogP contribution in [-0.2, 0) is 6.54 Å². The summed E-state index contributed by atoms with van der Waals surface area (Å²) in [6.45, 7) is 4.87. The zero-order valence-electron chi connectivity index (χ0n) is 12.1. The van der Waals surface area contributed by atoms with Gasteiger partial charge in [-0.15, -0.1) is 0 Å². The van der Waals surface area contributed by atoms with Crippen molar-refractivity contribution in [2.24, 2.45) is 0 Å². The van der Waals surface area contributed by atoms with Crippen LogP contribution in [0.2, 0.25) is 0 Å². The van der Waals surface area contributed by atoms with E-state index in [4.69, 9.17) is 5.26 Å². The molecule has 19 heavy (non-hydrogen) atoms. The molecule has 0 amide bonds. The highest BCUT2D eigenvalue weighted by molar-refractivity contribution is 5.27. The lowest BCUT2D eigenvalue weighted by Gasteiger charge is -2.09. The second-order valence-corrected chi connectivity index (χ2v) is 5.08. The molecule has 1 aromatic rings. The van der Waals surface area contributed by atoms with Gasteiger partial charge in [0.25, 0.3) is 5.56 Å². The Morgan fingerprint density at radius 3 is 2.37 bits per heavy atom. The van der Waals surface area contributed by atoms with Gasteiger partial charge in [0, 0.05) is 12.2 Å². The highest BCUT2D eigenvalue weighted by Gasteiger charge is 2.05. The van der Waals surface area contributed by atoms with Gasteiger partial charge in [0.2, 0.25) is 0 Å². The number of hydrogen-bond acceptors (Lipinski definition) is 2. The first-order valence-electron chi connectivity index (χ1n) is 7.31. The molecule has 0 saturated carbocycles. The average Bonchev–Trinajstić information content (AvgIpc) is 2.41. The van der Waals surface area contributed by atoms with Crippen LogP contribution in [0.4, 0.5) is 0 Å². The molecular formula is C16H24N2O.